The minimum atomic E-state index is -0.660. The number of hydrogen-bond donors (Lipinski definition) is 1. The molecular weight excluding hydrogens is 238 g/mol. The molecule has 0 radical (unpaired) electrons. The molecule has 1 N–H and O–H groups in total. The number of hydrogen-bond acceptors (Lipinski definition) is 2. The van der Waals surface area contributed by atoms with Crippen LogP contribution < -0.4 is 0 Å². The second kappa shape index (κ2) is 9.35. The molecule has 0 bridgehead atoms. The highest BCUT2D eigenvalue weighted by Crippen LogP contribution is 2.24. The molecule has 0 spiro atoms. The lowest BCUT2D eigenvalue weighted by Gasteiger charge is -2.29. The molecule has 1 saturated carbocycles. The molecule has 3 heteroatoms. The first-order valence-electron chi connectivity index (χ1n) is 8.05. The van der Waals surface area contributed by atoms with Gasteiger partial charge in [-0.05, 0) is 51.1 Å². The normalized spacial score (nSPS) is 16.6. The molecule has 0 aromatic rings. The van der Waals surface area contributed by atoms with Crippen LogP contribution in [0, 0.1) is 5.92 Å². The fourth-order valence-electron chi connectivity index (χ4n) is 2.94. The molecular formula is C16H31NO2. The molecule has 0 aliphatic heterocycles. The van der Waals surface area contributed by atoms with E-state index in [1.165, 1.54) is 38.6 Å². The van der Waals surface area contributed by atoms with Crippen LogP contribution in [0.3, 0.4) is 0 Å². The van der Waals surface area contributed by atoms with Gasteiger partial charge in [0.15, 0.2) is 0 Å². The van der Waals surface area contributed by atoms with E-state index in [4.69, 9.17) is 5.11 Å². The Morgan fingerprint density at radius 1 is 1.16 bits per heavy atom. The van der Waals surface area contributed by atoms with Crippen LogP contribution in [-0.4, -0.2) is 35.1 Å². The fraction of sp³-hybridized carbons (Fsp3) is 0.938. The lowest BCUT2D eigenvalue weighted by Crippen LogP contribution is -2.35. The molecule has 0 saturated heterocycles. The Bertz CT molecular complexity index is 247. The van der Waals surface area contributed by atoms with E-state index in [1.807, 2.05) is 0 Å². The standard InChI is InChI=1S/C16H31NO2/c1-14(2)11-13-17(15-8-5-6-9-15)12-7-3-4-10-16(18)19/h14-15H,3-13H2,1-2H3,(H,18,19). The van der Waals surface area contributed by atoms with Crippen molar-refractivity contribution in [2.24, 2.45) is 5.92 Å². The molecule has 0 heterocycles. The maximum atomic E-state index is 10.5. The number of nitrogens with zero attached hydrogens (tertiary/aromatic N) is 1. The number of carboxylic acids is 1. The monoisotopic (exact) mass is 269 g/mol. The third-order valence-corrected chi connectivity index (χ3v) is 4.17. The Hall–Kier alpha value is -0.570. The van der Waals surface area contributed by atoms with Crippen LogP contribution in [0.4, 0.5) is 0 Å². The maximum Gasteiger partial charge on any atom is 0.303 e. The molecule has 1 aliphatic carbocycles. The van der Waals surface area contributed by atoms with Gasteiger partial charge in [0.25, 0.3) is 0 Å². The molecule has 3 nitrogen and oxygen atoms in total. The van der Waals surface area contributed by atoms with Crippen molar-refractivity contribution in [3.63, 3.8) is 0 Å². The molecule has 0 amide bonds. The predicted molar refractivity (Wildman–Crippen MR) is 79.4 cm³/mol. The van der Waals surface area contributed by atoms with Gasteiger partial charge < -0.3 is 10.0 Å². The van der Waals surface area contributed by atoms with E-state index in [1.54, 1.807) is 0 Å². The largest absolute Gasteiger partial charge is 0.481 e. The van der Waals surface area contributed by atoms with Gasteiger partial charge in [0.2, 0.25) is 0 Å². The van der Waals surface area contributed by atoms with Crippen molar-refractivity contribution >= 4 is 5.97 Å². The van der Waals surface area contributed by atoms with Crippen molar-refractivity contribution in [2.45, 2.75) is 77.7 Å². The van der Waals surface area contributed by atoms with Crippen molar-refractivity contribution in [3.8, 4) is 0 Å². The molecule has 112 valence electrons. The van der Waals surface area contributed by atoms with Gasteiger partial charge in [-0.15, -0.1) is 0 Å². The summed E-state index contributed by atoms with van der Waals surface area (Å²) >= 11 is 0. The molecule has 0 atom stereocenters. The minimum absolute atomic E-state index is 0.329. The summed E-state index contributed by atoms with van der Waals surface area (Å²) in [7, 11) is 0. The van der Waals surface area contributed by atoms with Gasteiger partial charge in [0.05, 0.1) is 0 Å². The minimum Gasteiger partial charge on any atom is -0.481 e. The van der Waals surface area contributed by atoms with Crippen LogP contribution in [0.5, 0.6) is 0 Å². The number of carbonyl (C=O) groups is 1. The second-order valence-electron chi connectivity index (χ2n) is 6.36. The lowest BCUT2D eigenvalue weighted by atomic mass is 10.1. The first kappa shape index (κ1) is 16.5. The summed E-state index contributed by atoms with van der Waals surface area (Å²) in [5.41, 5.74) is 0. The van der Waals surface area contributed by atoms with Crippen LogP contribution in [0.1, 0.15) is 71.6 Å². The summed E-state index contributed by atoms with van der Waals surface area (Å²) in [6.07, 6.45) is 10.2. The van der Waals surface area contributed by atoms with E-state index in [0.29, 0.717) is 6.42 Å². The van der Waals surface area contributed by atoms with E-state index in [9.17, 15) is 4.79 Å². The fourth-order valence-corrected chi connectivity index (χ4v) is 2.94. The van der Waals surface area contributed by atoms with Crippen LogP contribution >= 0.6 is 0 Å². The van der Waals surface area contributed by atoms with Gasteiger partial charge in [0, 0.05) is 12.5 Å². The SMILES string of the molecule is CC(C)CCN(CCCCCC(=O)O)C1CCCC1. The summed E-state index contributed by atoms with van der Waals surface area (Å²) in [4.78, 5) is 13.1. The van der Waals surface area contributed by atoms with Crippen molar-refractivity contribution < 1.29 is 9.90 Å². The average Bonchev–Trinajstić information content (AvgIpc) is 2.85. The second-order valence-corrected chi connectivity index (χ2v) is 6.36. The van der Waals surface area contributed by atoms with E-state index >= 15 is 0 Å². The average molecular weight is 269 g/mol. The predicted octanol–water partition coefficient (Wildman–Crippen LogP) is 3.92. The highest BCUT2D eigenvalue weighted by molar-refractivity contribution is 5.66. The van der Waals surface area contributed by atoms with Crippen LogP contribution in [0.2, 0.25) is 0 Å². The van der Waals surface area contributed by atoms with Gasteiger partial charge in [-0.2, -0.15) is 0 Å². The molecule has 0 aromatic carbocycles. The number of carboxylic acid groups (broad SMARTS) is 1. The quantitative estimate of drug-likeness (QED) is 0.611. The highest BCUT2D eigenvalue weighted by Gasteiger charge is 2.21. The summed E-state index contributed by atoms with van der Waals surface area (Å²) in [5, 5.41) is 8.63. The van der Waals surface area contributed by atoms with Gasteiger partial charge >= 0.3 is 5.97 Å². The Labute approximate surface area is 118 Å². The van der Waals surface area contributed by atoms with Gasteiger partial charge in [-0.3, -0.25) is 4.79 Å². The van der Waals surface area contributed by atoms with E-state index < -0.39 is 5.97 Å². The van der Waals surface area contributed by atoms with E-state index in [-0.39, 0.29) is 0 Å². The molecule has 1 rings (SSSR count). The third kappa shape index (κ3) is 7.56. The Morgan fingerprint density at radius 2 is 1.84 bits per heavy atom. The van der Waals surface area contributed by atoms with E-state index in [0.717, 1.165) is 37.8 Å². The molecule has 1 fully saturated rings. The van der Waals surface area contributed by atoms with Crippen molar-refractivity contribution in [2.75, 3.05) is 13.1 Å². The topological polar surface area (TPSA) is 40.5 Å². The summed E-state index contributed by atoms with van der Waals surface area (Å²) < 4.78 is 0. The van der Waals surface area contributed by atoms with Crippen LogP contribution in [0.15, 0.2) is 0 Å². The molecule has 1 aliphatic rings. The highest BCUT2D eigenvalue weighted by atomic mass is 16.4. The lowest BCUT2D eigenvalue weighted by molar-refractivity contribution is -0.137. The molecule has 0 aromatic heterocycles. The zero-order valence-corrected chi connectivity index (χ0v) is 12.7. The van der Waals surface area contributed by atoms with Gasteiger partial charge in [-0.1, -0.05) is 33.1 Å². The Balaban J connectivity index is 2.21. The Kier molecular flexibility index (Phi) is 8.11. The number of aliphatic carboxylic acids is 1. The number of rotatable bonds is 10. The summed E-state index contributed by atoms with van der Waals surface area (Å²) in [6.45, 7) is 6.97. The zero-order valence-electron chi connectivity index (χ0n) is 12.7. The number of unbranched alkanes of at least 4 members (excludes halogenated alkanes) is 2. The Morgan fingerprint density at radius 3 is 2.42 bits per heavy atom. The molecule has 0 unspecified atom stereocenters. The van der Waals surface area contributed by atoms with Crippen LogP contribution in [-0.2, 0) is 4.79 Å². The van der Waals surface area contributed by atoms with Crippen molar-refractivity contribution in [1.82, 2.24) is 4.90 Å². The third-order valence-electron chi connectivity index (χ3n) is 4.17. The van der Waals surface area contributed by atoms with Crippen LogP contribution in [0.25, 0.3) is 0 Å². The summed E-state index contributed by atoms with van der Waals surface area (Å²) in [5.74, 6) is 0.114. The summed E-state index contributed by atoms with van der Waals surface area (Å²) in [6, 6.07) is 0.804. The maximum absolute atomic E-state index is 10.5. The van der Waals surface area contributed by atoms with Crippen molar-refractivity contribution in [3.05, 3.63) is 0 Å². The first-order valence-corrected chi connectivity index (χ1v) is 8.05. The van der Waals surface area contributed by atoms with Crippen molar-refractivity contribution in [1.29, 1.82) is 0 Å². The zero-order chi connectivity index (χ0) is 14.1. The smallest absolute Gasteiger partial charge is 0.303 e. The van der Waals surface area contributed by atoms with Gasteiger partial charge in [0.1, 0.15) is 0 Å². The van der Waals surface area contributed by atoms with E-state index in [2.05, 4.69) is 18.7 Å². The molecule has 19 heavy (non-hydrogen) atoms. The van der Waals surface area contributed by atoms with Gasteiger partial charge in [-0.25, -0.2) is 0 Å². The first-order chi connectivity index (χ1) is 9.09.